The van der Waals surface area contributed by atoms with Crippen LogP contribution in [0.5, 0.6) is 0 Å². The number of hydrogen-bond donors (Lipinski definition) is 3. The van der Waals surface area contributed by atoms with Crippen LogP contribution in [0.15, 0.2) is 12.1 Å². The first-order valence-electron chi connectivity index (χ1n) is 6.31. The fraction of sp³-hybridized carbons (Fsp3) is 0.385. The number of amides is 2. The van der Waals surface area contributed by atoms with Crippen molar-refractivity contribution < 1.29 is 14.7 Å². The molecule has 3 N–H and O–H groups in total. The average Bonchev–Trinajstić information content (AvgIpc) is 2.39. The molecule has 0 atom stereocenters. The van der Waals surface area contributed by atoms with Gasteiger partial charge in [0.2, 0.25) is 0 Å². The Hall–Kier alpha value is -1.17. The van der Waals surface area contributed by atoms with Crippen LogP contribution >= 0.6 is 34.8 Å². The van der Waals surface area contributed by atoms with Crippen molar-refractivity contribution >= 4 is 52.5 Å². The maximum atomic E-state index is 11.7. The Bertz CT molecular complexity index is 524. The highest BCUT2D eigenvalue weighted by Crippen LogP contribution is 2.32. The first-order chi connectivity index (χ1) is 9.90. The number of benzene rings is 1. The molecule has 0 aliphatic rings. The number of aliphatic carboxylic acids is 1. The number of carbonyl (C=O) groups is 2. The minimum absolute atomic E-state index is 0.144. The Labute approximate surface area is 137 Å². The Balaban J connectivity index is 2.31. The van der Waals surface area contributed by atoms with Gasteiger partial charge < -0.3 is 15.7 Å². The number of nitrogens with one attached hydrogen (secondary N) is 2. The summed E-state index contributed by atoms with van der Waals surface area (Å²) in [5.41, 5.74) is 0.370. The monoisotopic (exact) mass is 352 g/mol. The van der Waals surface area contributed by atoms with Crippen LogP contribution in [0, 0.1) is 0 Å². The van der Waals surface area contributed by atoms with Crippen molar-refractivity contribution in [3.8, 4) is 0 Å². The SMILES string of the molecule is O=C(O)CCCCCNC(=O)Nc1cc(Cl)c(Cl)cc1Cl. The van der Waals surface area contributed by atoms with Gasteiger partial charge in [0.25, 0.3) is 0 Å². The van der Waals surface area contributed by atoms with E-state index in [1.165, 1.54) is 12.1 Å². The molecule has 0 heterocycles. The molecule has 8 heteroatoms. The largest absolute Gasteiger partial charge is 0.481 e. The molecule has 0 fully saturated rings. The van der Waals surface area contributed by atoms with Gasteiger partial charge in [-0.15, -0.1) is 0 Å². The molecule has 1 aromatic carbocycles. The molecule has 0 aromatic heterocycles. The van der Waals surface area contributed by atoms with E-state index in [9.17, 15) is 9.59 Å². The molecule has 0 unspecified atom stereocenters. The minimum atomic E-state index is -0.810. The van der Waals surface area contributed by atoms with E-state index < -0.39 is 12.0 Å². The van der Waals surface area contributed by atoms with Crippen molar-refractivity contribution in [3.05, 3.63) is 27.2 Å². The fourth-order valence-electron chi connectivity index (χ4n) is 1.56. The van der Waals surface area contributed by atoms with Gasteiger partial charge in [-0.1, -0.05) is 41.2 Å². The lowest BCUT2D eigenvalue weighted by Gasteiger charge is -2.10. The van der Waals surface area contributed by atoms with Crippen LogP contribution in [0.3, 0.4) is 0 Å². The maximum Gasteiger partial charge on any atom is 0.319 e. The molecule has 0 aliphatic heterocycles. The van der Waals surface area contributed by atoms with Gasteiger partial charge in [-0.2, -0.15) is 0 Å². The van der Waals surface area contributed by atoms with E-state index in [1.54, 1.807) is 0 Å². The average molecular weight is 354 g/mol. The number of carboxylic acid groups (broad SMARTS) is 1. The summed E-state index contributed by atoms with van der Waals surface area (Å²) < 4.78 is 0. The summed E-state index contributed by atoms with van der Waals surface area (Å²) >= 11 is 17.6. The van der Waals surface area contributed by atoms with E-state index in [4.69, 9.17) is 39.9 Å². The van der Waals surface area contributed by atoms with Gasteiger partial charge >= 0.3 is 12.0 Å². The van der Waals surface area contributed by atoms with Crippen molar-refractivity contribution in [2.24, 2.45) is 0 Å². The maximum absolute atomic E-state index is 11.7. The second kappa shape index (κ2) is 8.97. The Kier molecular flexibility index (Phi) is 7.64. The first kappa shape index (κ1) is 17.9. The molecule has 0 saturated carbocycles. The van der Waals surface area contributed by atoms with Crippen LogP contribution in [0.4, 0.5) is 10.5 Å². The second-order valence-electron chi connectivity index (χ2n) is 4.33. The van der Waals surface area contributed by atoms with Crippen molar-refractivity contribution in [2.45, 2.75) is 25.7 Å². The molecule has 0 radical (unpaired) electrons. The smallest absolute Gasteiger partial charge is 0.319 e. The highest BCUT2D eigenvalue weighted by molar-refractivity contribution is 6.44. The van der Waals surface area contributed by atoms with Gasteiger partial charge in [0.05, 0.1) is 20.8 Å². The second-order valence-corrected chi connectivity index (χ2v) is 5.55. The van der Waals surface area contributed by atoms with Crippen LogP contribution in [-0.2, 0) is 4.79 Å². The number of unbranched alkanes of at least 4 members (excludes halogenated alkanes) is 2. The fourth-order valence-corrected chi connectivity index (χ4v) is 2.16. The molecule has 116 valence electrons. The van der Waals surface area contributed by atoms with Gasteiger partial charge in [-0.3, -0.25) is 4.79 Å². The molecule has 1 aromatic rings. The lowest BCUT2D eigenvalue weighted by atomic mass is 10.2. The van der Waals surface area contributed by atoms with Crippen LogP contribution < -0.4 is 10.6 Å². The quantitative estimate of drug-likeness (QED) is 0.502. The molecule has 21 heavy (non-hydrogen) atoms. The zero-order valence-corrected chi connectivity index (χ0v) is 13.4. The number of hydrogen-bond acceptors (Lipinski definition) is 2. The van der Waals surface area contributed by atoms with Crippen molar-refractivity contribution in [1.82, 2.24) is 5.32 Å². The zero-order valence-electron chi connectivity index (χ0n) is 11.1. The van der Waals surface area contributed by atoms with E-state index in [0.29, 0.717) is 40.1 Å². The van der Waals surface area contributed by atoms with Crippen molar-refractivity contribution in [1.29, 1.82) is 0 Å². The van der Waals surface area contributed by atoms with Gasteiger partial charge in [0.1, 0.15) is 0 Å². The molecule has 0 bridgehead atoms. The number of rotatable bonds is 7. The third-order valence-electron chi connectivity index (χ3n) is 2.61. The lowest BCUT2D eigenvalue weighted by molar-refractivity contribution is -0.137. The summed E-state index contributed by atoms with van der Waals surface area (Å²) in [6.07, 6.45) is 2.18. The highest BCUT2D eigenvalue weighted by atomic mass is 35.5. The molecular weight excluding hydrogens is 339 g/mol. The van der Waals surface area contributed by atoms with Crippen molar-refractivity contribution in [3.63, 3.8) is 0 Å². The number of halogens is 3. The normalized spacial score (nSPS) is 10.2. The third kappa shape index (κ3) is 6.89. The Morgan fingerprint density at radius 2 is 1.67 bits per heavy atom. The number of urea groups is 1. The van der Waals surface area contributed by atoms with Crippen LogP contribution in [0.2, 0.25) is 15.1 Å². The molecule has 5 nitrogen and oxygen atoms in total. The predicted molar refractivity (Wildman–Crippen MR) is 84.6 cm³/mol. The molecule has 0 spiro atoms. The van der Waals surface area contributed by atoms with Crippen molar-refractivity contribution in [2.75, 3.05) is 11.9 Å². The lowest BCUT2D eigenvalue weighted by Crippen LogP contribution is -2.29. The van der Waals surface area contributed by atoms with E-state index in [-0.39, 0.29) is 6.42 Å². The van der Waals surface area contributed by atoms with Crippen LogP contribution in [0.25, 0.3) is 0 Å². The summed E-state index contributed by atoms with van der Waals surface area (Å²) in [4.78, 5) is 22.0. The predicted octanol–water partition coefficient (Wildman–Crippen LogP) is 4.41. The standard InChI is InChI=1S/C13H15Cl3N2O3/c14-8-6-10(16)11(7-9(8)15)18-13(21)17-5-3-1-2-4-12(19)20/h6-7H,1-5H2,(H,19,20)(H2,17,18,21). The zero-order chi connectivity index (χ0) is 15.8. The van der Waals surface area contributed by atoms with Gasteiger partial charge in [0.15, 0.2) is 0 Å². The summed E-state index contributed by atoms with van der Waals surface area (Å²) in [6.45, 7) is 0.449. The summed E-state index contributed by atoms with van der Waals surface area (Å²) in [7, 11) is 0. The number of carboxylic acids is 1. The van der Waals surface area contributed by atoms with Gasteiger partial charge in [-0.25, -0.2) is 4.79 Å². The van der Waals surface area contributed by atoms with E-state index >= 15 is 0 Å². The third-order valence-corrected chi connectivity index (χ3v) is 3.65. The highest BCUT2D eigenvalue weighted by Gasteiger charge is 2.08. The molecule has 0 saturated heterocycles. The summed E-state index contributed by atoms with van der Waals surface area (Å²) in [5, 5.41) is 14.6. The minimum Gasteiger partial charge on any atom is -0.481 e. The van der Waals surface area contributed by atoms with E-state index in [2.05, 4.69) is 10.6 Å². The summed E-state index contributed by atoms with van der Waals surface area (Å²) in [5.74, 6) is -0.810. The van der Waals surface area contributed by atoms with Crippen LogP contribution in [0.1, 0.15) is 25.7 Å². The molecule has 1 rings (SSSR count). The molecule has 2 amide bonds. The van der Waals surface area contributed by atoms with E-state index in [0.717, 1.165) is 6.42 Å². The number of anilines is 1. The summed E-state index contributed by atoms with van der Waals surface area (Å²) in [6, 6.07) is 2.51. The topological polar surface area (TPSA) is 78.4 Å². The Morgan fingerprint density at radius 3 is 2.33 bits per heavy atom. The van der Waals surface area contributed by atoms with E-state index in [1.807, 2.05) is 0 Å². The molecule has 0 aliphatic carbocycles. The van der Waals surface area contributed by atoms with Gasteiger partial charge in [-0.05, 0) is 25.0 Å². The Morgan fingerprint density at radius 1 is 1.00 bits per heavy atom. The van der Waals surface area contributed by atoms with Crippen LogP contribution in [-0.4, -0.2) is 23.7 Å². The number of carbonyl (C=O) groups excluding carboxylic acids is 1. The first-order valence-corrected chi connectivity index (χ1v) is 7.44. The molecular formula is C13H15Cl3N2O3. The van der Waals surface area contributed by atoms with Gasteiger partial charge in [0, 0.05) is 13.0 Å².